The first-order valence-corrected chi connectivity index (χ1v) is 11.9. The van der Waals surface area contributed by atoms with Gasteiger partial charge in [0.15, 0.2) is 0 Å². The van der Waals surface area contributed by atoms with E-state index in [1.807, 2.05) is 0 Å². The average Bonchev–Trinajstić information content (AvgIpc) is 2.45. The Kier molecular flexibility index (Phi) is 6.93. The number of hydrogen-bond acceptors (Lipinski definition) is 1. The topological polar surface area (TPSA) is 9.23 Å². The van der Waals surface area contributed by atoms with E-state index in [2.05, 4.69) is 55.7 Å². The summed E-state index contributed by atoms with van der Waals surface area (Å²) in [6.07, 6.45) is 12.9. The first-order valence-electron chi connectivity index (χ1n) is 9.21. The van der Waals surface area contributed by atoms with E-state index in [-0.39, 0.29) is 0 Å². The first kappa shape index (κ1) is 19.6. The van der Waals surface area contributed by atoms with E-state index < -0.39 is 0 Å². The van der Waals surface area contributed by atoms with Gasteiger partial charge in [0.05, 0.1) is 6.61 Å². The molecule has 2 aliphatic carbocycles. The fourth-order valence-electron chi connectivity index (χ4n) is 5.40. The van der Waals surface area contributed by atoms with E-state index in [0.29, 0.717) is 19.3 Å². The van der Waals surface area contributed by atoms with Gasteiger partial charge in [-0.15, -0.1) is 0 Å². The van der Waals surface area contributed by atoms with Crippen molar-refractivity contribution in [1.29, 1.82) is 0 Å². The van der Waals surface area contributed by atoms with Gasteiger partial charge in [0, 0.05) is 8.50 Å². The summed E-state index contributed by atoms with van der Waals surface area (Å²) in [4.78, 5) is 0. The summed E-state index contributed by atoms with van der Waals surface area (Å²) in [7, 11) is 3.15. The predicted octanol–water partition coefficient (Wildman–Crippen LogP) is 6.91. The zero-order valence-corrected chi connectivity index (χ0v) is 17.9. The molecule has 1 nitrogen and oxygen atoms in total. The molecule has 1 saturated carbocycles. The molecule has 0 spiro atoms. The summed E-state index contributed by atoms with van der Waals surface area (Å²) >= 11 is 0. The van der Waals surface area contributed by atoms with Gasteiger partial charge in [-0.3, -0.25) is 0 Å². The minimum atomic E-state index is 0.499. The molecule has 0 saturated heterocycles. The third-order valence-corrected chi connectivity index (χ3v) is 7.56. The Morgan fingerprint density at radius 2 is 2.13 bits per heavy atom. The van der Waals surface area contributed by atoms with Gasteiger partial charge >= 0.3 is 0 Å². The third-order valence-electron chi connectivity index (χ3n) is 6.72. The Labute approximate surface area is 148 Å². The van der Waals surface area contributed by atoms with Crippen LogP contribution in [0.1, 0.15) is 73.1 Å². The van der Waals surface area contributed by atoms with E-state index >= 15 is 0 Å². The van der Waals surface area contributed by atoms with Gasteiger partial charge < -0.3 is 4.52 Å². The van der Waals surface area contributed by atoms with E-state index in [0.717, 1.165) is 18.4 Å². The molecule has 3 heteroatoms. The van der Waals surface area contributed by atoms with Gasteiger partial charge in [-0.25, -0.2) is 0 Å². The van der Waals surface area contributed by atoms with Gasteiger partial charge in [0.25, 0.3) is 0 Å². The lowest BCUT2D eigenvalue weighted by molar-refractivity contribution is -0.0390. The summed E-state index contributed by atoms with van der Waals surface area (Å²) in [5, 5.41) is 0. The van der Waals surface area contributed by atoms with Gasteiger partial charge in [-0.05, 0) is 68.6 Å². The van der Waals surface area contributed by atoms with E-state index in [9.17, 15) is 0 Å². The molecule has 2 aliphatic rings. The maximum atomic E-state index is 5.45. The Morgan fingerprint density at radius 1 is 1.39 bits per heavy atom. The zero-order chi connectivity index (χ0) is 17.1. The molecule has 0 bridgehead atoms. The van der Waals surface area contributed by atoms with Gasteiger partial charge in [-0.1, -0.05) is 59.4 Å². The van der Waals surface area contributed by atoms with Crippen molar-refractivity contribution < 1.29 is 4.52 Å². The molecule has 0 aromatic heterocycles. The van der Waals surface area contributed by atoms with Crippen LogP contribution in [0.2, 0.25) is 0 Å². The van der Waals surface area contributed by atoms with Crippen molar-refractivity contribution in [2.75, 3.05) is 6.61 Å². The smallest absolute Gasteiger partial charge is 0.0693 e. The number of rotatable bonds is 6. The van der Waals surface area contributed by atoms with Crippen molar-refractivity contribution in [3.05, 3.63) is 23.3 Å². The maximum Gasteiger partial charge on any atom is 0.0693 e. The van der Waals surface area contributed by atoms with Crippen LogP contribution < -0.4 is 0 Å². The van der Waals surface area contributed by atoms with Gasteiger partial charge in [0.2, 0.25) is 0 Å². The average molecular weight is 354 g/mol. The van der Waals surface area contributed by atoms with Crippen LogP contribution in [0.3, 0.4) is 0 Å². The van der Waals surface area contributed by atoms with Crippen LogP contribution in [-0.4, -0.2) is 6.61 Å². The minimum Gasteiger partial charge on any atom is -0.354 e. The molecule has 132 valence electrons. The second kappa shape index (κ2) is 8.12. The lowest BCUT2D eigenvalue weighted by Crippen LogP contribution is -2.48. The standard InChI is InChI=1S/C20H36OP2/c1-15(11-14-21-23-22)7-9-17-16(2)8-10-18-19(3,4)12-6-13-20(17,18)5/h8,11,17-18,23H,6-7,9-10,12-14,22H2,1-5H3/b15-11+/t17?,18?,20-/m0/s1. The maximum absolute atomic E-state index is 5.45. The second-order valence-electron chi connectivity index (χ2n) is 8.65. The Bertz CT molecular complexity index is 466. The molecule has 23 heavy (non-hydrogen) atoms. The highest BCUT2D eigenvalue weighted by molar-refractivity contribution is 8.00. The zero-order valence-electron chi connectivity index (χ0n) is 15.7. The molecule has 0 aromatic rings. The first-order chi connectivity index (χ1) is 10.8. The van der Waals surface area contributed by atoms with Crippen molar-refractivity contribution in [2.45, 2.75) is 73.1 Å². The fraction of sp³-hybridized carbons (Fsp3) is 0.800. The SMILES string of the molecule is CC1=CCC2C(C)(C)CCC[C@@]2(C)C1CC/C(C)=C/COPP. The Hall–Kier alpha value is 0.300. The number of fused-ring (bicyclic) bond motifs is 1. The molecule has 1 fully saturated rings. The second-order valence-corrected chi connectivity index (χ2v) is 9.89. The molecular formula is C20H36OP2. The summed E-state index contributed by atoms with van der Waals surface area (Å²) in [6.45, 7) is 13.0. The Morgan fingerprint density at radius 3 is 2.83 bits per heavy atom. The van der Waals surface area contributed by atoms with Crippen LogP contribution in [0.4, 0.5) is 0 Å². The highest BCUT2D eigenvalue weighted by Crippen LogP contribution is 2.60. The van der Waals surface area contributed by atoms with Gasteiger partial charge in [0.1, 0.15) is 0 Å². The molecule has 0 N–H and O–H groups in total. The summed E-state index contributed by atoms with van der Waals surface area (Å²) in [5.41, 5.74) is 4.14. The molecule has 4 unspecified atom stereocenters. The van der Waals surface area contributed by atoms with Gasteiger partial charge in [-0.2, -0.15) is 0 Å². The highest BCUT2D eigenvalue weighted by Gasteiger charge is 2.51. The van der Waals surface area contributed by atoms with Crippen molar-refractivity contribution in [3.8, 4) is 0 Å². The van der Waals surface area contributed by atoms with Crippen LogP contribution in [0, 0.1) is 22.7 Å². The molecule has 0 radical (unpaired) electrons. The molecule has 5 atom stereocenters. The largest absolute Gasteiger partial charge is 0.354 e. The van der Waals surface area contributed by atoms with Crippen molar-refractivity contribution in [3.63, 3.8) is 0 Å². The lowest BCUT2D eigenvalue weighted by atomic mass is 9.48. The quantitative estimate of drug-likeness (QED) is 0.286. The third kappa shape index (κ3) is 4.48. The molecule has 2 rings (SSSR count). The molecular weight excluding hydrogens is 318 g/mol. The minimum absolute atomic E-state index is 0.499. The lowest BCUT2D eigenvalue weighted by Gasteiger charge is -2.57. The highest BCUT2D eigenvalue weighted by atomic mass is 32.0. The van der Waals surface area contributed by atoms with Crippen molar-refractivity contribution in [1.82, 2.24) is 0 Å². The van der Waals surface area contributed by atoms with E-state index in [1.165, 1.54) is 44.1 Å². The Balaban J connectivity index is 2.09. The number of hydrogen-bond donors (Lipinski definition) is 0. The normalized spacial score (nSPS) is 34.5. The van der Waals surface area contributed by atoms with Crippen LogP contribution in [0.5, 0.6) is 0 Å². The van der Waals surface area contributed by atoms with Crippen LogP contribution in [0.25, 0.3) is 0 Å². The fourth-order valence-corrected chi connectivity index (χ4v) is 5.87. The van der Waals surface area contributed by atoms with Crippen molar-refractivity contribution in [2.24, 2.45) is 22.7 Å². The van der Waals surface area contributed by atoms with E-state index in [1.54, 1.807) is 5.57 Å². The summed E-state index contributed by atoms with van der Waals surface area (Å²) < 4.78 is 5.45. The van der Waals surface area contributed by atoms with Crippen molar-refractivity contribution >= 4 is 17.4 Å². The molecule has 0 aliphatic heterocycles. The van der Waals surface area contributed by atoms with E-state index in [4.69, 9.17) is 4.52 Å². The molecule has 0 amide bonds. The summed E-state index contributed by atoms with van der Waals surface area (Å²) in [5.74, 6) is 1.61. The monoisotopic (exact) mass is 354 g/mol. The molecule has 0 aromatic carbocycles. The van der Waals surface area contributed by atoms with Crippen LogP contribution in [-0.2, 0) is 4.52 Å². The predicted molar refractivity (Wildman–Crippen MR) is 108 cm³/mol. The number of allylic oxidation sites excluding steroid dienone is 3. The summed E-state index contributed by atoms with van der Waals surface area (Å²) in [6, 6.07) is 0. The molecule has 0 heterocycles. The van der Waals surface area contributed by atoms with Crippen LogP contribution in [0.15, 0.2) is 23.3 Å². The van der Waals surface area contributed by atoms with Crippen LogP contribution >= 0.6 is 17.4 Å².